The number of carbonyl (C=O) groups excluding carboxylic acids is 2. The van der Waals surface area contributed by atoms with Crippen molar-refractivity contribution in [3.05, 3.63) is 35.9 Å². The van der Waals surface area contributed by atoms with Crippen molar-refractivity contribution in [2.75, 3.05) is 13.0 Å². The number of nitrogens with one attached hydrogen (secondary N) is 1. The lowest BCUT2D eigenvalue weighted by atomic mass is 10.1. The molecule has 1 N–H and O–H groups in total. The van der Waals surface area contributed by atoms with E-state index in [4.69, 9.17) is 11.6 Å². The first-order valence-corrected chi connectivity index (χ1v) is 5.20. The fourth-order valence-corrected chi connectivity index (χ4v) is 1.32. The molecule has 0 spiro atoms. The highest BCUT2D eigenvalue weighted by Gasteiger charge is 2.22. The van der Waals surface area contributed by atoms with Gasteiger partial charge < -0.3 is 10.1 Å². The van der Waals surface area contributed by atoms with Crippen molar-refractivity contribution in [1.82, 2.24) is 5.32 Å². The van der Waals surface area contributed by atoms with Gasteiger partial charge in [0.2, 0.25) is 5.91 Å². The largest absolute Gasteiger partial charge is 0.467 e. The Kier molecular flexibility index (Phi) is 4.79. The third-order valence-corrected chi connectivity index (χ3v) is 2.24. The Morgan fingerprint density at radius 1 is 1.38 bits per heavy atom. The van der Waals surface area contributed by atoms with E-state index in [2.05, 4.69) is 10.1 Å². The van der Waals surface area contributed by atoms with Crippen LogP contribution in [0.1, 0.15) is 11.6 Å². The zero-order chi connectivity index (χ0) is 12.0. The van der Waals surface area contributed by atoms with Crippen LogP contribution in [0.4, 0.5) is 0 Å². The Labute approximate surface area is 98.5 Å². The summed E-state index contributed by atoms with van der Waals surface area (Å²) < 4.78 is 4.62. The first-order valence-electron chi connectivity index (χ1n) is 4.67. The van der Waals surface area contributed by atoms with Gasteiger partial charge in [-0.25, -0.2) is 4.79 Å². The average molecular weight is 242 g/mol. The number of ether oxygens (including phenoxy) is 1. The first-order chi connectivity index (χ1) is 7.69. The molecule has 0 aromatic heterocycles. The molecule has 4 nitrogen and oxygen atoms in total. The molecule has 1 aromatic rings. The molecule has 0 unspecified atom stereocenters. The Morgan fingerprint density at radius 2 is 2.00 bits per heavy atom. The highest BCUT2D eigenvalue weighted by Crippen LogP contribution is 2.13. The van der Waals surface area contributed by atoms with E-state index in [1.807, 2.05) is 6.07 Å². The molecular weight excluding hydrogens is 230 g/mol. The van der Waals surface area contributed by atoms with E-state index in [9.17, 15) is 9.59 Å². The highest BCUT2D eigenvalue weighted by atomic mass is 35.5. The molecule has 16 heavy (non-hydrogen) atoms. The maximum atomic E-state index is 11.5. The van der Waals surface area contributed by atoms with E-state index in [-0.39, 0.29) is 5.88 Å². The summed E-state index contributed by atoms with van der Waals surface area (Å²) in [6.45, 7) is 0. The molecular formula is C11H12ClNO3. The van der Waals surface area contributed by atoms with Crippen molar-refractivity contribution in [3.8, 4) is 0 Å². The minimum absolute atomic E-state index is 0.194. The van der Waals surface area contributed by atoms with Gasteiger partial charge in [-0.05, 0) is 5.56 Å². The maximum absolute atomic E-state index is 11.5. The van der Waals surface area contributed by atoms with E-state index in [1.165, 1.54) is 7.11 Å². The molecule has 1 aromatic carbocycles. The minimum Gasteiger partial charge on any atom is -0.467 e. The van der Waals surface area contributed by atoms with Crippen molar-refractivity contribution >= 4 is 23.5 Å². The van der Waals surface area contributed by atoms with Gasteiger partial charge in [-0.1, -0.05) is 30.3 Å². The van der Waals surface area contributed by atoms with Crippen molar-refractivity contribution in [3.63, 3.8) is 0 Å². The summed E-state index contributed by atoms with van der Waals surface area (Å²) >= 11 is 5.37. The molecule has 0 aliphatic carbocycles. The number of halogens is 1. The molecule has 1 atom stereocenters. The standard InChI is InChI=1S/C11H12ClNO3/c1-16-11(15)10(13-9(14)7-12)8-5-3-2-4-6-8/h2-6,10H,7H2,1H3,(H,13,14)/t10-/m0/s1. The second-order valence-electron chi connectivity index (χ2n) is 3.07. The minimum atomic E-state index is -0.808. The molecule has 86 valence electrons. The van der Waals surface area contributed by atoms with Crippen LogP contribution in [0.25, 0.3) is 0 Å². The summed E-state index contributed by atoms with van der Waals surface area (Å²) in [6, 6.07) is 8.03. The summed E-state index contributed by atoms with van der Waals surface area (Å²) in [5, 5.41) is 2.49. The number of carbonyl (C=O) groups is 2. The van der Waals surface area contributed by atoms with Gasteiger partial charge in [-0.2, -0.15) is 0 Å². The van der Waals surface area contributed by atoms with Crippen LogP contribution in [0.2, 0.25) is 0 Å². The molecule has 1 amide bonds. The third kappa shape index (κ3) is 3.24. The predicted octanol–water partition coefficient (Wildman–Crippen LogP) is 1.26. The normalized spacial score (nSPS) is 11.6. The number of esters is 1. The second kappa shape index (κ2) is 6.12. The predicted molar refractivity (Wildman–Crippen MR) is 60.1 cm³/mol. The fraction of sp³-hybridized carbons (Fsp3) is 0.273. The van der Waals surface area contributed by atoms with Crippen molar-refractivity contribution in [2.45, 2.75) is 6.04 Å². The van der Waals surface area contributed by atoms with Gasteiger partial charge in [0.05, 0.1) is 7.11 Å². The van der Waals surface area contributed by atoms with Gasteiger partial charge in [0.15, 0.2) is 6.04 Å². The van der Waals surface area contributed by atoms with Crippen LogP contribution in [-0.2, 0) is 14.3 Å². The summed E-state index contributed by atoms with van der Waals surface area (Å²) in [5.41, 5.74) is 0.660. The molecule has 1 rings (SSSR count). The van der Waals surface area contributed by atoms with Crippen LogP contribution in [0.5, 0.6) is 0 Å². The third-order valence-electron chi connectivity index (χ3n) is 2.00. The quantitative estimate of drug-likeness (QED) is 0.638. The Bertz CT molecular complexity index is 367. The lowest BCUT2D eigenvalue weighted by Gasteiger charge is -2.15. The lowest BCUT2D eigenvalue weighted by Crippen LogP contribution is -2.35. The van der Waals surface area contributed by atoms with Crippen molar-refractivity contribution in [1.29, 1.82) is 0 Å². The summed E-state index contributed by atoms with van der Waals surface area (Å²) in [6.07, 6.45) is 0. The molecule has 0 heterocycles. The second-order valence-corrected chi connectivity index (χ2v) is 3.34. The molecule has 0 aliphatic heterocycles. The monoisotopic (exact) mass is 241 g/mol. The summed E-state index contributed by atoms with van der Waals surface area (Å²) in [7, 11) is 1.27. The zero-order valence-electron chi connectivity index (χ0n) is 8.77. The number of benzene rings is 1. The lowest BCUT2D eigenvalue weighted by molar-refractivity contribution is -0.145. The van der Waals surface area contributed by atoms with Crippen molar-refractivity contribution < 1.29 is 14.3 Å². The molecule has 0 saturated heterocycles. The van der Waals surface area contributed by atoms with Gasteiger partial charge in [0.1, 0.15) is 5.88 Å². The van der Waals surface area contributed by atoms with Gasteiger partial charge in [-0.15, -0.1) is 11.6 Å². The van der Waals surface area contributed by atoms with E-state index in [1.54, 1.807) is 24.3 Å². The SMILES string of the molecule is COC(=O)[C@@H](NC(=O)CCl)c1ccccc1. The van der Waals surface area contributed by atoms with Gasteiger partial charge in [0, 0.05) is 0 Å². The van der Waals surface area contributed by atoms with E-state index in [0.29, 0.717) is 5.56 Å². The van der Waals surface area contributed by atoms with Crippen LogP contribution < -0.4 is 5.32 Å². The van der Waals surface area contributed by atoms with Crippen LogP contribution in [0.15, 0.2) is 30.3 Å². The summed E-state index contributed by atoms with van der Waals surface area (Å²) in [4.78, 5) is 22.6. The number of hydrogen-bond donors (Lipinski definition) is 1. The molecule has 0 saturated carbocycles. The number of methoxy groups -OCH3 is 1. The topological polar surface area (TPSA) is 55.4 Å². The van der Waals surface area contributed by atoms with Gasteiger partial charge in [-0.3, -0.25) is 4.79 Å². The first kappa shape index (κ1) is 12.5. The Hall–Kier alpha value is -1.55. The molecule has 0 aliphatic rings. The van der Waals surface area contributed by atoms with Crippen LogP contribution in [0.3, 0.4) is 0 Å². The summed E-state index contributed by atoms with van der Waals surface area (Å²) in [5.74, 6) is -1.13. The highest BCUT2D eigenvalue weighted by molar-refractivity contribution is 6.27. The Balaban J connectivity index is 2.88. The van der Waals surface area contributed by atoms with Gasteiger partial charge in [0.25, 0.3) is 0 Å². The maximum Gasteiger partial charge on any atom is 0.333 e. The van der Waals surface area contributed by atoms with Crippen LogP contribution >= 0.6 is 11.6 Å². The molecule has 0 radical (unpaired) electrons. The fourth-order valence-electron chi connectivity index (χ4n) is 1.24. The van der Waals surface area contributed by atoms with E-state index in [0.717, 1.165) is 0 Å². The molecule has 0 fully saturated rings. The Morgan fingerprint density at radius 3 is 2.50 bits per heavy atom. The van der Waals surface area contributed by atoms with Crippen LogP contribution in [-0.4, -0.2) is 24.9 Å². The molecule has 0 bridgehead atoms. The zero-order valence-corrected chi connectivity index (χ0v) is 9.53. The van der Waals surface area contributed by atoms with Crippen LogP contribution in [0, 0.1) is 0 Å². The van der Waals surface area contributed by atoms with Gasteiger partial charge >= 0.3 is 5.97 Å². The average Bonchev–Trinajstić information content (AvgIpc) is 2.35. The van der Waals surface area contributed by atoms with E-state index < -0.39 is 17.9 Å². The van der Waals surface area contributed by atoms with E-state index >= 15 is 0 Å². The number of amides is 1. The number of rotatable bonds is 4. The molecule has 5 heteroatoms. The van der Waals surface area contributed by atoms with Crippen molar-refractivity contribution in [2.24, 2.45) is 0 Å². The number of alkyl halides is 1. The smallest absolute Gasteiger partial charge is 0.333 e. The number of hydrogen-bond acceptors (Lipinski definition) is 3.